The molecular weight excluding hydrogens is 387 g/mol. The van der Waals surface area contributed by atoms with E-state index in [1.807, 2.05) is 38.1 Å². The Morgan fingerprint density at radius 2 is 1.85 bits per heavy atom. The summed E-state index contributed by atoms with van der Waals surface area (Å²) in [4.78, 5) is 26.3. The first-order valence-corrected chi connectivity index (χ1v) is 9.36. The average molecular weight is 407 g/mol. The maximum atomic E-state index is 13.1. The predicted molar refractivity (Wildman–Crippen MR) is 106 cm³/mol. The molecular formula is C20H20Cl2N2O3. The molecule has 0 aliphatic carbocycles. The molecule has 1 aliphatic heterocycles. The maximum Gasteiger partial charge on any atom is 0.254 e. The number of hydrogen-bond acceptors (Lipinski definition) is 3. The number of nitrogens with zero attached hydrogens (tertiary/aromatic N) is 1. The van der Waals surface area contributed by atoms with Gasteiger partial charge in [-0.25, -0.2) is 0 Å². The maximum absolute atomic E-state index is 13.1. The second kappa shape index (κ2) is 7.79. The quantitative estimate of drug-likeness (QED) is 0.794. The molecule has 1 heterocycles. The monoisotopic (exact) mass is 406 g/mol. The minimum Gasteiger partial charge on any atom is -0.491 e. The van der Waals surface area contributed by atoms with E-state index in [4.69, 9.17) is 27.9 Å². The third-order valence-corrected chi connectivity index (χ3v) is 4.83. The van der Waals surface area contributed by atoms with Crippen molar-refractivity contribution in [2.75, 3.05) is 4.90 Å². The summed E-state index contributed by atoms with van der Waals surface area (Å²) in [6, 6.07) is 9.94. The van der Waals surface area contributed by atoms with Crippen LogP contribution < -0.4 is 15.0 Å². The number of benzene rings is 2. The lowest BCUT2D eigenvalue weighted by atomic mass is 10.1. The minimum absolute atomic E-state index is 0.00197. The van der Waals surface area contributed by atoms with Gasteiger partial charge in [0, 0.05) is 23.1 Å². The first-order chi connectivity index (χ1) is 12.8. The van der Waals surface area contributed by atoms with Crippen molar-refractivity contribution in [3.63, 3.8) is 0 Å². The second-order valence-corrected chi connectivity index (χ2v) is 7.44. The number of nitrogens with one attached hydrogen (secondary N) is 1. The second-order valence-electron chi connectivity index (χ2n) is 6.62. The summed E-state index contributed by atoms with van der Waals surface area (Å²) in [5.41, 5.74) is 1.88. The average Bonchev–Trinajstić information content (AvgIpc) is 2.86. The van der Waals surface area contributed by atoms with Crippen LogP contribution in [0.15, 0.2) is 36.4 Å². The molecule has 1 aliphatic rings. The molecule has 1 atom stereocenters. The molecule has 2 aromatic carbocycles. The minimum atomic E-state index is -0.859. The molecule has 27 heavy (non-hydrogen) atoms. The number of fused-ring (bicyclic) bond motifs is 1. The highest BCUT2D eigenvalue weighted by molar-refractivity contribution is 6.38. The largest absolute Gasteiger partial charge is 0.491 e. The van der Waals surface area contributed by atoms with Crippen LogP contribution in [0, 0.1) is 0 Å². The molecule has 1 N–H and O–H groups in total. The number of anilines is 1. The zero-order chi connectivity index (χ0) is 19.7. The summed E-state index contributed by atoms with van der Waals surface area (Å²) in [5, 5.41) is 3.46. The van der Waals surface area contributed by atoms with E-state index in [1.54, 1.807) is 17.0 Å². The summed E-state index contributed by atoms with van der Waals surface area (Å²) in [7, 11) is 0. The van der Waals surface area contributed by atoms with Crippen molar-refractivity contribution in [1.82, 2.24) is 5.32 Å². The molecule has 0 bridgehead atoms. The normalized spacial score (nSPS) is 15.9. The smallest absolute Gasteiger partial charge is 0.254 e. The zero-order valence-corrected chi connectivity index (χ0v) is 16.8. The number of rotatable bonds is 5. The Hall–Kier alpha value is -2.24. The van der Waals surface area contributed by atoms with E-state index < -0.39 is 6.04 Å². The molecule has 0 radical (unpaired) electrons. The third kappa shape index (κ3) is 3.89. The fourth-order valence-electron chi connectivity index (χ4n) is 3.16. The standard InChI is InChI=1S/C20H20Cl2N2O3/c1-11(2)27-16-7-5-4-6-13(16)10-24-19-15(22)9-8-14(21)17(19)18(20(24)26)23-12(3)25/h4-9,11,18H,10H2,1-3H3,(H,23,25). The lowest BCUT2D eigenvalue weighted by Gasteiger charge is -2.21. The van der Waals surface area contributed by atoms with E-state index in [0.29, 0.717) is 27.0 Å². The summed E-state index contributed by atoms with van der Waals surface area (Å²) in [6.45, 7) is 5.50. The molecule has 0 saturated carbocycles. The van der Waals surface area contributed by atoms with Crippen molar-refractivity contribution in [1.29, 1.82) is 0 Å². The highest BCUT2D eigenvalue weighted by Gasteiger charge is 2.41. The Morgan fingerprint density at radius 1 is 1.19 bits per heavy atom. The van der Waals surface area contributed by atoms with E-state index in [9.17, 15) is 9.59 Å². The van der Waals surface area contributed by atoms with Gasteiger partial charge in [-0.1, -0.05) is 41.4 Å². The Labute approximate surface area is 168 Å². The van der Waals surface area contributed by atoms with Gasteiger partial charge in [0.25, 0.3) is 5.91 Å². The van der Waals surface area contributed by atoms with Crippen LogP contribution in [-0.4, -0.2) is 17.9 Å². The van der Waals surface area contributed by atoms with E-state index in [-0.39, 0.29) is 24.5 Å². The fraction of sp³-hybridized carbons (Fsp3) is 0.300. The number of hydrogen-bond donors (Lipinski definition) is 1. The van der Waals surface area contributed by atoms with Crippen LogP contribution in [-0.2, 0) is 16.1 Å². The number of carbonyl (C=O) groups excluding carboxylic acids is 2. The predicted octanol–water partition coefficient (Wildman–Crippen LogP) is 4.50. The van der Waals surface area contributed by atoms with Gasteiger partial charge in [-0.05, 0) is 32.0 Å². The Kier molecular flexibility index (Phi) is 5.63. The summed E-state index contributed by atoms with van der Waals surface area (Å²) in [6.07, 6.45) is -0.00197. The van der Waals surface area contributed by atoms with Gasteiger partial charge >= 0.3 is 0 Å². The summed E-state index contributed by atoms with van der Waals surface area (Å²) in [5.74, 6) is 0.0956. The fourth-order valence-corrected chi connectivity index (χ4v) is 3.69. The topological polar surface area (TPSA) is 58.6 Å². The van der Waals surface area contributed by atoms with Crippen molar-refractivity contribution < 1.29 is 14.3 Å². The molecule has 1 unspecified atom stereocenters. The summed E-state index contributed by atoms with van der Waals surface area (Å²) >= 11 is 12.7. The number of carbonyl (C=O) groups is 2. The molecule has 0 spiro atoms. The lowest BCUT2D eigenvalue weighted by molar-refractivity contribution is -0.126. The molecule has 2 aromatic rings. The number of ether oxygens (including phenoxy) is 1. The first-order valence-electron chi connectivity index (χ1n) is 8.60. The molecule has 0 fully saturated rings. The number of halogens is 2. The molecule has 0 saturated heterocycles. The Balaban J connectivity index is 2.04. The van der Waals surface area contributed by atoms with Crippen LogP contribution in [0.4, 0.5) is 5.69 Å². The van der Waals surface area contributed by atoms with E-state index in [0.717, 1.165) is 5.56 Å². The Bertz CT molecular complexity index is 899. The van der Waals surface area contributed by atoms with Crippen molar-refractivity contribution in [3.8, 4) is 5.75 Å². The zero-order valence-electron chi connectivity index (χ0n) is 15.3. The molecule has 2 amide bonds. The van der Waals surface area contributed by atoms with Crippen molar-refractivity contribution in [2.45, 2.75) is 39.5 Å². The molecule has 7 heteroatoms. The Morgan fingerprint density at radius 3 is 2.52 bits per heavy atom. The lowest BCUT2D eigenvalue weighted by Crippen LogP contribution is -2.36. The molecule has 142 valence electrons. The van der Waals surface area contributed by atoms with Crippen LogP contribution in [0.3, 0.4) is 0 Å². The molecule has 5 nitrogen and oxygen atoms in total. The van der Waals surface area contributed by atoms with Crippen LogP contribution in [0.25, 0.3) is 0 Å². The molecule has 3 rings (SSSR count). The van der Waals surface area contributed by atoms with Gasteiger partial charge < -0.3 is 15.0 Å². The van der Waals surface area contributed by atoms with Crippen LogP contribution in [0.1, 0.15) is 37.9 Å². The van der Waals surface area contributed by atoms with Crippen molar-refractivity contribution >= 4 is 40.7 Å². The van der Waals surface area contributed by atoms with Gasteiger partial charge in [0.1, 0.15) is 11.8 Å². The van der Waals surface area contributed by atoms with E-state index in [2.05, 4.69) is 5.32 Å². The SMILES string of the molecule is CC(=O)NC1C(=O)N(Cc2ccccc2OC(C)C)c2c(Cl)ccc(Cl)c21. The van der Waals surface area contributed by atoms with E-state index >= 15 is 0 Å². The number of amides is 2. The molecule has 0 aromatic heterocycles. The van der Waals surface area contributed by atoms with Crippen LogP contribution in [0.5, 0.6) is 5.75 Å². The van der Waals surface area contributed by atoms with Crippen molar-refractivity contribution in [3.05, 3.63) is 57.6 Å². The van der Waals surface area contributed by atoms with Gasteiger partial charge in [0.2, 0.25) is 5.91 Å². The van der Waals surface area contributed by atoms with Crippen molar-refractivity contribution in [2.24, 2.45) is 0 Å². The van der Waals surface area contributed by atoms with Crippen LogP contribution >= 0.6 is 23.2 Å². The van der Waals surface area contributed by atoms with Gasteiger partial charge in [-0.3, -0.25) is 9.59 Å². The first kappa shape index (κ1) is 19.5. The van der Waals surface area contributed by atoms with Gasteiger partial charge in [0.15, 0.2) is 0 Å². The number of para-hydroxylation sites is 1. The highest BCUT2D eigenvalue weighted by atomic mass is 35.5. The van der Waals surface area contributed by atoms with E-state index in [1.165, 1.54) is 6.92 Å². The highest BCUT2D eigenvalue weighted by Crippen LogP contribution is 2.45. The van der Waals surface area contributed by atoms with Crippen LogP contribution in [0.2, 0.25) is 10.0 Å². The summed E-state index contributed by atoms with van der Waals surface area (Å²) < 4.78 is 5.86. The van der Waals surface area contributed by atoms with Gasteiger partial charge in [0.05, 0.1) is 23.4 Å². The van der Waals surface area contributed by atoms with Gasteiger partial charge in [-0.15, -0.1) is 0 Å². The third-order valence-electron chi connectivity index (χ3n) is 4.20. The van der Waals surface area contributed by atoms with Gasteiger partial charge in [-0.2, -0.15) is 0 Å².